The molecular weight excluding hydrogens is 260 g/mol. The molecule has 0 spiro atoms. The third-order valence-electron chi connectivity index (χ3n) is 3.68. The largest absolute Gasteiger partial charge is 0.489 e. The molecule has 0 saturated heterocycles. The number of hydrogen-bond donors (Lipinski definition) is 1. The molecule has 1 atom stereocenters. The summed E-state index contributed by atoms with van der Waals surface area (Å²) in [6.07, 6.45) is 0.144. The molecule has 0 saturated carbocycles. The standard InChI is InChI=1S/C15H18O5/c1-7-8(2)15-12(5-11(20-15)6-13(17)18)9(3)14(7)19-10(4)16/h11H,5-6H2,1-4H3,(H,17,18)/t11-/m1/s1. The Hall–Kier alpha value is -2.04. The number of carbonyl (C=O) groups excluding carboxylic acids is 1. The van der Waals surface area contributed by atoms with E-state index in [9.17, 15) is 9.59 Å². The highest BCUT2D eigenvalue weighted by molar-refractivity contribution is 5.72. The smallest absolute Gasteiger partial charge is 0.308 e. The van der Waals surface area contributed by atoms with Gasteiger partial charge in [0.1, 0.15) is 17.6 Å². The van der Waals surface area contributed by atoms with E-state index in [-0.39, 0.29) is 18.5 Å². The van der Waals surface area contributed by atoms with Crippen molar-refractivity contribution >= 4 is 11.9 Å². The van der Waals surface area contributed by atoms with Crippen LogP contribution in [0.3, 0.4) is 0 Å². The van der Waals surface area contributed by atoms with E-state index in [1.54, 1.807) is 0 Å². The first-order chi connectivity index (χ1) is 9.31. The topological polar surface area (TPSA) is 72.8 Å². The first-order valence-corrected chi connectivity index (χ1v) is 6.50. The van der Waals surface area contributed by atoms with Crippen molar-refractivity contribution in [3.05, 3.63) is 22.3 Å². The summed E-state index contributed by atoms with van der Waals surface area (Å²) in [6, 6.07) is 0. The van der Waals surface area contributed by atoms with Crippen LogP contribution in [0.15, 0.2) is 0 Å². The van der Waals surface area contributed by atoms with E-state index < -0.39 is 5.97 Å². The Balaban J connectivity index is 2.44. The van der Waals surface area contributed by atoms with Crippen molar-refractivity contribution in [3.63, 3.8) is 0 Å². The lowest BCUT2D eigenvalue weighted by Crippen LogP contribution is -2.17. The molecule has 0 amide bonds. The van der Waals surface area contributed by atoms with Gasteiger partial charge in [0.2, 0.25) is 0 Å². The zero-order valence-electron chi connectivity index (χ0n) is 12.1. The van der Waals surface area contributed by atoms with E-state index in [1.807, 2.05) is 20.8 Å². The first kappa shape index (κ1) is 14.4. The van der Waals surface area contributed by atoms with Gasteiger partial charge in [0.15, 0.2) is 0 Å². The van der Waals surface area contributed by atoms with Gasteiger partial charge in [0.05, 0.1) is 6.42 Å². The summed E-state index contributed by atoms with van der Waals surface area (Å²) in [5, 5.41) is 8.87. The van der Waals surface area contributed by atoms with E-state index in [0.29, 0.717) is 12.2 Å². The highest BCUT2D eigenvalue weighted by Crippen LogP contribution is 2.42. The highest BCUT2D eigenvalue weighted by atomic mass is 16.5. The third kappa shape index (κ3) is 2.48. The molecule has 2 rings (SSSR count). The fourth-order valence-electron chi connectivity index (χ4n) is 2.60. The fourth-order valence-corrected chi connectivity index (χ4v) is 2.60. The molecule has 5 nitrogen and oxygen atoms in total. The number of aliphatic carboxylic acids is 1. The maximum Gasteiger partial charge on any atom is 0.308 e. The van der Waals surface area contributed by atoms with Gasteiger partial charge in [-0.2, -0.15) is 0 Å². The lowest BCUT2D eigenvalue weighted by atomic mass is 9.95. The predicted molar refractivity (Wildman–Crippen MR) is 72.3 cm³/mol. The first-order valence-electron chi connectivity index (χ1n) is 6.50. The van der Waals surface area contributed by atoms with E-state index in [1.165, 1.54) is 6.92 Å². The molecule has 5 heteroatoms. The van der Waals surface area contributed by atoms with E-state index in [0.717, 1.165) is 28.0 Å². The molecule has 1 heterocycles. The van der Waals surface area contributed by atoms with Gasteiger partial charge >= 0.3 is 11.9 Å². The Morgan fingerprint density at radius 1 is 1.25 bits per heavy atom. The average Bonchev–Trinajstić information content (AvgIpc) is 2.75. The molecule has 0 bridgehead atoms. The monoisotopic (exact) mass is 278 g/mol. The lowest BCUT2D eigenvalue weighted by molar-refractivity contribution is -0.138. The van der Waals surface area contributed by atoms with Crippen LogP contribution in [-0.2, 0) is 16.0 Å². The van der Waals surface area contributed by atoms with Crippen LogP contribution < -0.4 is 9.47 Å². The molecule has 0 aromatic heterocycles. The Morgan fingerprint density at radius 3 is 2.45 bits per heavy atom. The van der Waals surface area contributed by atoms with E-state index >= 15 is 0 Å². The zero-order chi connectivity index (χ0) is 15.0. The number of esters is 1. The second kappa shape index (κ2) is 5.15. The van der Waals surface area contributed by atoms with Crippen LogP contribution in [0.1, 0.15) is 35.6 Å². The molecule has 1 aromatic rings. The van der Waals surface area contributed by atoms with Crippen LogP contribution in [0.4, 0.5) is 0 Å². The number of fused-ring (bicyclic) bond motifs is 1. The molecule has 108 valence electrons. The van der Waals surface area contributed by atoms with Crippen molar-refractivity contribution in [2.45, 2.75) is 46.6 Å². The molecule has 0 aliphatic carbocycles. The Labute approximate surface area is 117 Å². The Kier molecular flexibility index (Phi) is 3.70. The molecule has 1 aromatic carbocycles. The number of hydrogen-bond acceptors (Lipinski definition) is 4. The van der Waals surface area contributed by atoms with Gasteiger partial charge in [-0.1, -0.05) is 0 Å². The molecule has 0 unspecified atom stereocenters. The maximum absolute atomic E-state index is 11.2. The van der Waals surface area contributed by atoms with Crippen molar-refractivity contribution in [2.24, 2.45) is 0 Å². The van der Waals surface area contributed by atoms with Gasteiger partial charge in [-0.15, -0.1) is 0 Å². The molecule has 0 radical (unpaired) electrons. The summed E-state index contributed by atoms with van der Waals surface area (Å²) < 4.78 is 11.0. The van der Waals surface area contributed by atoms with Crippen molar-refractivity contribution < 1.29 is 24.2 Å². The van der Waals surface area contributed by atoms with Crippen molar-refractivity contribution in [1.82, 2.24) is 0 Å². The minimum atomic E-state index is -0.880. The number of carbonyl (C=O) groups is 2. The maximum atomic E-state index is 11.2. The fraction of sp³-hybridized carbons (Fsp3) is 0.467. The number of rotatable bonds is 3. The van der Waals surface area contributed by atoms with Crippen LogP contribution in [0, 0.1) is 20.8 Å². The molecule has 0 fully saturated rings. The number of benzene rings is 1. The van der Waals surface area contributed by atoms with Gasteiger partial charge in [0, 0.05) is 18.9 Å². The van der Waals surface area contributed by atoms with Crippen molar-refractivity contribution in [2.75, 3.05) is 0 Å². The molecule has 20 heavy (non-hydrogen) atoms. The summed E-state index contributed by atoms with van der Waals surface area (Å²) in [6.45, 7) is 7.00. The summed E-state index contributed by atoms with van der Waals surface area (Å²) in [7, 11) is 0. The van der Waals surface area contributed by atoms with E-state index in [2.05, 4.69) is 0 Å². The normalized spacial score (nSPS) is 16.5. The molecule has 1 aliphatic rings. The van der Waals surface area contributed by atoms with Crippen LogP contribution in [0.5, 0.6) is 11.5 Å². The Morgan fingerprint density at radius 2 is 1.90 bits per heavy atom. The Bertz CT molecular complexity index is 589. The summed E-state index contributed by atoms with van der Waals surface area (Å²) in [4.78, 5) is 22.0. The van der Waals surface area contributed by atoms with Crippen LogP contribution >= 0.6 is 0 Å². The molecule has 1 aliphatic heterocycles. The third-order valence-corrected chi connectivity index (χ3v) is 3.68. The number of carboxylic acid groups (broad SMARTS) is 1. The van der Waals surface area contributed by atoms with Crippen LogP contribution in [0.2, 0.25) is 0 Å². The average molecular weight is 278 g/mol. The quantitative estimate of drug-likeness (QED) is 0.678. The molecular formula is C15H18O5. The zero-order valence-corrected chi connectivity index (χ0v) is 12.1. The highest BCUT2D eigenvalue weighted by Gasteiger charge is 2.31. The minimum Gasteiger partial charge on any atom is -0.489 e. The molecule has 1 N–H and O–H groups in total. The van der Waals surface area contributed by atoms with Gasteiger partial charge in [0.25, 0.3) is 0 Å². The van der Waals surface area contributed by atoms with Crippen LogP contribution in [0.25, 0.3) is 0 Å². The minimum absolute atomic E-state index is 0.0322. The van der Waals surface area contributed by atoms with Crippen molar-refractivity contribution in [3.8, 4) is 11.5 Å². The SMILES string of the molecule is CC(=O)Oc1c(C)c(C)c2c(c1C)C[C@H](CC(=O)O)O2. The summed E-state index contributed by atoms with van der Waals surface area (Å²) >= 11 is 0. The number of carboxylic acids is 1. The lowest BCUT2D eigenvalue weighted by Gasteiger charge is -2.16. The van der Waals surface area contributed by atoms with Crippen molar-refractivity contribution in [1.29, 1.82) is 0 Å². The van der Waals surface area contributed by atoms with Crippen LogP contribution in [-0.4, -0.2) is 23.1 Å². The van der Waals surface area contributed by atoms with Gasteiger partial charge in [-0.05, 0) is 37.5 Å². The summed E-state index contributed by atoms with van der Waals surface area (Å²) in [5.41, 5.74) is 3.55. The van der Waals surface area contributed by atoms with Gasteiger partial charge < -0.3 is 14.6 Å². The predicted octanol–water partition coefficient (Wildman–Crippen LogP) is 2.32. The second-order valence-corrected chi connectivity index (χ2v) is 5.15. The summed E-state index contributed by atoms with van der Waals surface area (Å²) in [5.74, 6) is 0.0575. The van der Waals surface area contributed by atoms with Gasteiger partial charge in [-0.25, -0.2) is 0 Å². The van der Waals surface area contributed by atoms with Gasteiger partial charge in [-0.3, -0.25) is 9.59 Å². The second-order valence-electron chi connectivity index (χ2n) is 5.15. The van der Waals surface area contributed by atoms with E-state index in [4.69, 9.17) is 14.6 Å². The number of ether oxygens (including phenoxy) is 2.